The van der Waals surface area contributed by atoms with Crippen molar-refractivity contribution < 1.29 is 14.7 Å². The molecule has 0 heterocycles. The molecule has 0 saturated heterocycles. The summed E-state index contributed by atoms with van der Waals surface area (Å²) in [4.78, 5) is 21.5. The number of rotatable bonds is 1. The number of hydrogen-bond donors (Lipinski definition) is 1. The van der Waals surface area contributed by atoms with Crippen molar-refractivity contribution >= 4 is 23.4 Å². The average Bonchev–Trinajstić information content (AvgIpc) is 2.14. The van der Waals surface area contributed by atoms with Crippen LogP contribution in [0.5, 0.6) is 0 Å². The Labute approximate surface area is 91.7 Å². The number of aliphatic carboxylic acids is 1. The van der Waals surface area contributed by atoms with Gasteiger partial charge in [-0.1, -0.05) is 11.6 Å². The highest BCUT2D eigenvalue weighted by molar-refractivity contribution is 6.30. The fourth-order valence-corrected chi connectivity index (χ4v) is 1.29. The van der Waals surface area contributed by atoms with Crippen molar-refractivity contribution in [2.75, 3.05) is 0 Å². The van der Waals surface area contributed by atoms with E-state index in [1.807, 2.05) is 5.92 Å². The standard InChI is InChI=1S/C11H7ClO3/c1-7-6-8(12)2-3-9(7)10(13)4-5-11(14)15/h2-3,6H,1H3,(H,14,15). The molecule has 0 fully saturated rings. The minimum atomic E-state index is -1.32. The van der Waals surface area contributed by atoms with Crippen molar-refractivity contribution in [2.45, 2.75) is 6.92 Å². The third-order valence-electron chi connectivity index (χ3n) is 1.72. The molecule has 0 amide bonds. The van der Waals surface area contributed by atoms with Gasteiger partial charge in [-0.25, -0.2) is 4.79 Å². The third-order valence-corrected chi connectivity index (χ3v) is 1.95. The highest BCUT2D eigenvalue weighted by atomic mass is 35.5. The quantitative estimate of drug-likeness (QED) is 0.449. The van der Waals surface area contributed by atoms with Gasteiger partial charge in [0.15, 0.2) is 0 Å². The Balaban J connectivity index is 3.04. The predicted octanol–water partition coefficient (Wildman–Crippen LogP) is 1.92. The molecule has 0 aromatic heterocycles. The summed E-state index contributed by atoms with van der Waals surface area (Å²) in [5.74, 6) is 1.95. The summed E-state index contributed by atoms with van der Waals surface area (Å²) in [6, 6.07) is 4.71. The number of carboxylic acid groups (broad SMARTS) is 1. The molecule has 0 spiro atoms. The predicted molar refractivity (Wildman–Crippen MR) is 55.9 cm³/mol. The van der Waals surface area contributed by atoms with Crippen LogP contribution in [0.2, 0.25) is 5.02 Å². The van der Waals surface area contributed by atoms with Gasteiger partial charge in [0.05, 0.1) is 0 Å². The van der Waals surface area contributed by atoms with Gasteiger partial charge in [0, 0.05) is 16.5 Å². The normalized spacial score (nSPS) is 8.93. The summed E-state index contributed by atoms with van der Waals surface area (Å²) >= 11 is 5.71. The molecule has 1 N–H and O–H groups in total. The van der Waals surface area contributed by atoms with E-state index in [4.69, 9.17) is 16.7 Å². The monoisotopic (exact) mass is 222 g/mol. The molecule has 4 heteroatoms. The molecule has 3 nitrogen and oxygen atoms in total. The number of carboxylic acids is 1. The summed E-state index contributed by atoms with van der Waals surface area (Å²) in [5.41, 5.74) is 1.04. The molecule has 0 aliphatic carbocycles. The Morgan fingerprint density at radius 3 is 2.53 bits per heavy atom. The van der Waals surface area contributed by atoms with Crippen LogP contribution in [0.4, 0.5) is 0 Å². The van der Waals surface area contributed by atoms with Gasteiger partial charge in [-0.2, -0.15) is 0 Å². The van der Waals surface area contributed by atoms with Gasteiger partial charge >= 0.3 is 5.97 Å². The Morgan fingerprint density at radius 1 is 1.33 bits per heavy atom. The molecule has 0 atom stereocenters. The second-order valence-corrected chi connectivity index (χ2v) is 3.28. The largest absolute Gasteiger partial charge is 0.472 e. The molecule has 0 bridgehead atoms. The van der Waals surface area contributed by atoms with E-state index in [0.29, 0.717) is 16.1 Å². The Bertz CT molecular complexity index is 480. The maximum absolute atomic E-state index is 11.4. The van der Waals surface area contributed by atoms with E-state index < -0.39 is 11.8 Å². The van der Waals surface area contributed by atoms with Crippen LogP contribution in [-0.2, 0) is 4.79 Å². The first-order valence-electron chi connectivity index (χ1n) is 4.06. The van der Waals surface area contributed by atoms with Crippen molar-refractivity contribution in [1.29, 1.82) is 0 Å². The molecular weight excluding hydrogens is 216 g/mol. The lowest BCUT2D eigenvalue weighted by atomic mass is 10.1. The Morgan fingerprint density at radius 2 is 2.00 bits per heavy atom. The van der Waals surface area contributed by atoms with Gasteiger partial charge in [-0.3, -0.25) is 4.79 Å². The zero-order valence-corrected chi connectivity index (χ0v) is 8.63. The van der Waals surface area contributed by atoms with Crippen LogP contribution in [-0.4, -0.2) is 16.9 Å². The zero-order chi connectivity index (χ0) is 11.4. The van der Waals surface area contributed by atoms with Crippen LogP contribution in [0.3, 0.4) is 0 Å². The second kappa shape index (κ2) is 4.63. The lowest BCUT2D eigenvalue weighted by molar-refractivity contribution is -0.130. The minimum Gasteiger partial charge on any atom is -0.472 e. The number of Topliss-reactive ketones (excluding diaryl/α,β-unsaturated/α-hetero) is 1. The summed E-state index contributed by atoms with van der Waals surface area (Å²) < 4.78 is 0. The molecule has 15 heavy (non-hydrogen) atoms. The fraction of sp³-hybridized carbons (Fsp3) is 0.0909. The van der Waals surface area contributed by atoms with Gasteiger partial charge in [0.1, 0.15) is 0 Å². The van der Waals surface area contributed by atoms with Crippen LogP contribution < -0.4 is 0 Å². The molecule has 76 valence electrons. The molecule has 0 aliphatic heterocycles. The lowest BCUT2D eigenvalue weighted by Crippen LogP contribution is -1.99. The maximum atomic E-state index is 11.4. The molecule has 0 aliphatic rings. The van der Waals surface area contributed by atoms with Crippen LogP contribution in [0.25, 0.3) is 0 Å². The molecule has 1 rings (SSSR count). The van der Waals surface area contributed by atoms with E-state index >= 15 is 0 Å². The Hall–Kier alpha value is -1.79. The number of benzene rings is 1. The van der Waals surface area contributed by atoms with Crippen LogP contribution in [0.15, 0.2) is 18.2 Å². The highest BCUT2D eigenvalue weighted by Crippen LogP contribution is 2.15. The first-order valence-corrected chi connectivity index (χ1v) is 4.44. The van der Waals surface area contributed by atoms with E-state index in [1.54, 1.807) is 25.0 Å². The van der Waals surface area contributed by atoms with Crippen molar-refractivity contribution in [2.24, 2.45) is 0 Å². The van der Waals surface area contributed by atoms with Gasteiger partial charge in [-0.05, 0) is 36.6 Å². The van der Waals surface area contributed by atoms with Crippen molar-refractivity contribution in [3.05, 3.63) is 34.3 Å². The highest BCUT2D eigenvalue weighted by Gasteiger charge is 2.06. The van der Waals surface area contributed by atoms with Gasteiger partial charge in [0.2, 0.25) is 5.78 Å². The number of aryl methyl sites for hydroxylation is 1. The maximum Gasteiger partial charge on any atom is 0.382 e. The first kappa shape index (κ1) is 11.3. The first-order chi connectivity index (χ1) is 7.00. The molecular formula is C11H7ClO3. The van der Waals surface area contributed by atoms with E-state index in [2.05, 4.69) is 0 Å². The lowest BCUT2D eigenvalue weighted by Gasteiger charge is -1.99. The average molecular weight is 223 g/mol. The number of carbonyl (C=O) groups is 2. The summed E-state index contributed by atoms with van der Waals surface area (Å²) in [6.07, 6.45) is 0. The van der Waals surface area contributed by atoms with E-state index in [0.717, 1.165) is 0 Å². The SMILES string of the molecule is Cc1cc(Cl)ccc1C(=O)C#CC(=O)O. The summed E-state index contributed by atoms with van der Waals surface area (Å²) in [6.45, 7) is 1.71. The minimum absolute atomic E-state index is 0.369. The summed E-state index contributed by atoms with van der Waals surface area (Å²) in [5, 5.41) is 8.80. The molecule has 1 aromatic carbocycles. The number of halogens is 1. The van der Waals surface area contributed by atoms with Crippen molar-refractivity contribution in [3.63, 3.8) is 0 Å². The van der Waals surface area contributed by atoms with E-state index in [-0.39, 0.29) is 0 Å². The molecule has 0 unspecified atom stereocenters. The fourth-order valence-electron chi connectivity index (χ4n) is 1.06. The van der Waals surface area contributed by atoms with Gasteiger partial charge in [-0.15, -0.1) is 0 Å². The van der Waals surface area contributed by atoms with E-state index in [1.165, 1.54) is 6.07 Å². The smallest absolute Gasteiger partial charge is 0.382 e. The number of hydrogen-bond acceptors (Lipinski definition) is 2. The number of carbonyl (C=O) groups excluding carboxylic acids is 1. The summed E-state index contributed by atoms with van der Waals surface area (Å²) in [7, 11) is 0. The molecule has 1 aromatic rings. The second-order valence-electron chi connectivity index (χ2n) is 2.84. The van der Waals surface area contributed by atoms with E-state index in [9.17, 15) is 9.59 Å². The third kappa shape index (κ3) is 3.12. The molecule has 0 radical (unpaired) electrons. The van der Waals surface area contributed by atoms with Crippen LogP contribution in [0.1, 0.15) is 15.9 Å². The van der Waals surface area contributed by atoms with Crippen molar-refractivity contribution in [1.82, 2.24) is 0 Å². The Kier molecular flexibility index (Phi) is 3.48. The van der Waals surface area contributed by atoms with Crippen LogP contribution >= 0.6 is 11.6 Å². The number of ketones is 1. The van der Waals surface area contributed by atoms with Crippen LogP contribution in [0, 0.1) is 18.8 Å². The van der Waals surface area contributed by atoms with Gasteiger partial charge in [0.25, 0.3) is 0 Å². The topological polar surface area (TPSA) is 54.4 Å². The molecule has 0 saturated carbocycles. The van der Waals surface area contributed by atoms with Gasteiger partial charge < -0.3 is 5.11 Å². The van der Waals surface area contributed by atoms with Crippen molar-refractivity contribution in [3.8, 4) is 11.8 Å². The zero-order valence-electron chi connectivity index (χ0n) is 7.87.